The van der Waals surface area contributed by atoms with Gasteiger partial charge in [-0.15, -0.1) is 0 Å². The maximum atomic E-state index is 11.9. The van der Waals surface area contributed by atoms with Crippen LogP contribution in [0.5, 0.6) is 0 Å². The van der Waals surface area contributed by atoms with Crippen LogP contribution in [-0.2, 0) is 9.53 Å². The average Bonchev–Trinajstić information content (AvgIpc) is 2.66. The summed E-state index contributed by atoms with van der Waals surface area (Å²) in [5.41, 5.74) is 3.60. The number of rotatable bonds is 2. The van der Waals surface area contributed by atoms with Gasteiger partial charge in [0.15, 0.2) is 0 Å². The second-order valence-corrected chi connectivity index (χ2v) is 4.51. The number of hydrogen-bond donors (Lipinski definition) is 1. The van der Waals surface area contributed by atoms with Gasteiger partial charge in [-0.3, -0.25) is 0 Å². The number of carbonyl (C=O) groups excluding carboxylic acids is 1. The zero-order valence-corrected chi connectivity index (χ0v) is 11.2. The van der Waals surface area contributed by atoms with Crippen LogP contribution >= 0.6 is 0 Å². The number of nitrogens with zero attached hydrogens (tertiary/aromatic N) is 1. The zero-order chi connectivity index (χ0) is 13.3. The van der Waals surface area contributed by atoms with Crippen molar-refractivity contribution in [2.24, 2.45) is 0 Å². The molecular weight excluding hydrogens is 228 g/mol. The van der Waals surface area contributed by atoms with Gasteiger partial charge in [0.1, 0.15) is 5.70 Å². The number of aryl methyl sites for hydroxylation is 1. The highest BCUT2D eigenvalue weighted by atomic mass is 16.5. The monoisotopic (exact) mass is 246 g/mol. The number of ether oxygens (including phenoxy) is 1. The molecule has 0 aliphatic carbocycles. The first-order chi connectivity index (χ1) is 8.54. The number of carbonyl (C=O) groups is 1. The molecule has 1 aliphatic rings. The van der Waals surface area contributed by atoms with E-state index >= 15 is 0 Å². The summed E-state index contributed by atoms with van der Waals surface area (Å²) in [6.07, 6.45) is 0.0791. The third kappa shape index (κ3) is 2.06. The second-order valence-electron chi connectivity index (χ2n) is 4.51. The van der Waals surface area contributed by atoms with Crippen LogP contribution in [0.25, 0.3) is 5.70 Å². The Kier molecular flexibility index (Phi) is 3.28. The largest absolute Gasteiger partial charge is 0.464 e. The average molecular weight is 246 g/mol. The van der Waals surface area contributed by atoms with Crippen molar-refractivity contribution in [2.45, 2.75) is 20.0 Å². The SMILES string of the molecule is COC(=O)C1=C(c2ccc(C)cc2)NC(C)N1C. The molecule has 96 valence electrons. The van der Waals surface area contributed by atoms with Gasteiger partial charge in [0.2, 0.25) is 0 Å². The molecular formula is C14H18N2O2. The molecule has 0 bridgehead atoms. The predicted molar refractivity (Wildman–Crippen MR) is 70.5 cm³/mol. The maximum Gasteiger partial charge on any atom is 0.356 e. The van der Waals surface area contributed by atoms with Gasteiger partial charge in [-0.1, -0.05) is 29.8 Å². The molecule has 0 spiro atoms. The topological polar surface area (TPSA) is 41.6 Å². The molecule has 2 rings (SSSR count). The van der Waals surface area contributed by atoms with Crippen LogP contribution < -0.4 is 5.32 Å². The zero-order valence-electron chi connectivity index (χ0n) is 11.2. The van der Waals surface area contributed by atoms with Crippen LogP contribution in [0.4, 0.5) is 0 Å². The third-order valence-electron chi connectivity index (χ3n) is 3.24. The van der Waals surface area contributed by atoms with E-state index in [4.69, 9.17) is 4.74 Å². The lowest BCUT2D eigenvalue weighted by Crippen LogP contribution is -2.32. The minimum atomic E-state index is -0.315. The van der Waals surface area contributed by atoms with Gasteiger partial charge in [-0.25, -0.2) is 4.79 Å². The Labute approximate surface area is 107 Å². The highest BCUT2D eigenvalue weighted by Crippen LogP contribution is 2.27. The number of likely N-dealkylation sites (N-methyl/N-ethyl adjacent to an activating group) is 1. The van der Waals surface area contributed by atoms with Crippen LogP contribution in [0.3, 0.4) is 0 Å². The molecule has 4 heteroatoms. The molecule has 1 atom stereocenters. The lowest BCUT2D eigenvalue weighted by Gasteiger charge is -2.19. The van der Waals surface area contributed by atoms with Gasteiger partial charge in [0.05, 0.1) is 19.0 Å². The summed E-state index contributed by atoms with van der Waals surface area (Å²) >= 11 is 0. The van der Waals surface area contributed by atoms with Crippen molar-refractivity contribution in [2.75, 3.05) is 14.2 Å². The first-order valence-corrected chi connectivity index (χ1v) is 5.93. The van der Waals surface area contributed by atoms with E-state index in [-0.39, 0.29) is 12.1 Å². The molecule has 0 amide bonds. The normalized spacial score (nSPS) is 18.9. The lowest BCUT2D eigenvalue weighted by atomic mass is 10.1. The first kappa shape index (κ1) is 12.5. The van der Waals surface area contributed by atoms with Gasteiger partial charge in [-0.05, 0) is 13.8 Å². The molecule has 0 radical (unpaired) electrons. The maximum absolute atomic E-state index is 11.9. The van der Waals surface area contributed by atoms with Crippen LogP contribution in [-0.4, -0.2) is 31.2 Å². The van der Waals surface area contributed by atoms with Gasteiger partial charge < -0.3 is 15.0 Å². The Morgan fingerprint density at radius 1 is 1.33 bits per heavy atom. The molecule has 0 saturated heterocycles. The Morgan fingerprint density at radius 2 is 1.94 bits per heavy atom. The summed E-state index contributed by atoms with van der Waals surface area (Å²) < 4.78 is 4.85. The molecule has 0 fully saturated rings. The quantitative estimate of drug-likeness (QED) is 0.807. The van der Waals surface area contributed by atoms with Crippen molar-refractivity contribution >= 4 is 11.7 Å². The Hall–Kier alpha value is -1.97. The molecule has 4 nitrogen and oxygen atoms in total. The molecule has 0 saturated carbocycles. The number of nitrogens with one attached hydrogen (secondary N) is 1. The van der Waals surface area contributed by atoms with Crippen molar-refractivity contribution in [3.8, 4) is 0 Å². The van der Waals surface area contributed by atoms with Crippen LogP contribution in [0.15, 0.2) is 30.0 Å². The Bertz CT molecular complexity index is 491. The molecule has 1 heterocycles. The van der Waals surface area contributed by atoms with Gasteiger partial charge >= 0.3 is 5.97 Å². The lowest BCUT2D eigenvalue weighted by molar-refractivity contribution is -0.137. The molecule has 1 aromatic rings. The van der Waals surface area contributed by atoms with E-state index in [0.717, 1.165) is 11.3 Å². The molecule has 1 aliphatic heterocycles. The number of methoxy groups -OCH3 is 1. The summed E-state index contributed by atoms with van der Waals surface area (Å²) in [4.78, 5) is 13.7. The Balaban J connectivity index is 2.47. The fourth-order valence-electron chi connectivity index (χ4n) is 2.03. The van der Waals surface area contributed by atoms with E-state index in [9.17, 15) is 4.79 Å². The van der Waals surface area contributed by atoms with E-state index in [1.54, 1.807) is 0 Å². The fraction of sp³-hybridized carbons (Fsp3) is 0.357. The minimum absolute atomic E-state index is 0.0791. The predicted octanol–water partition coefficient (Wildman–Crippen LogP) is 1.72. The van der Waals surface area contributed by atoms with E-state index in [0.29, 0.717) is 5.70 Å². The van der Waals surface area contributed by atoms with Crippen molar-refractivity contribution in [3.63, 3.8) is 0 Å². The standard InChI is InChI=1S/C14H18N2O2/c1-9-5-7-11(8-6-9)12-13(14(17)18-4)16(3)10(2)15-12/h5-8,10,15H,1-4H3. The van der Waals surface area contributed by atoms with E-state index in [1.807, 2.05) is 50.1 Å². The van der Waals surface area contributed by atoms with Gasteiger partial charge in [-0.2, -0.15) is 0 Å². The summed E-state index contributed by atoms with van der Waals surface area (Å²) in [5, 5.41) is 3.31. The Morgan fingerprint density at radius 3 is 2.50 bits per heavy atom. The number of benzene rings is 1. The smallest absolute Gasteiger partial charge is 0.356 e. The van der Waals surface area contributed by atoms with Gasteiger partial charge in [0, 0.05) is 12.6 Å². The van der Waals surface area contributed by atoms with Crippen LogP contribution in [0, 0.1) is 6.92 Å². The molecule has 1 N–H and O–H groups in total. The molecule has 18 heavy (non-hydrogen) atoms. The van der Waals surface area contributed by atoms with Crippen molar-refractivity contribution in [3.05, 3.63) is 41.1 Å². The van der Waals surface area contributed by atoms with Gasteiger partial charge in [0.25, 0.3) is 0 Å². The highest BCUT2D eigenvalue weighted by Gasteiger charge is 2.31. The summed E-state index contributed by atoms with van der Waals surface area (Å²) in [6, 6.07) is 8.07. The van der Waals surface area contributed by atoms with Crippen molar-refractivity contribution < 1.29 is 9.53 Å². The van der Waals surface area contributed by atoms with Crippen molar-refractivity contribution in [1.82, 2.24) is 10.2 Å². The number of hydrogen-bond acceptors (Lipinski definition) is 4. The highest BCUT2D eigenvalue weighted by molar-refractivity contribution is 5.97. The summed E-state index contributed by atoms with van der Waals surface area (Å²) in [7, 11) is 3.28. The molecule has 1 unspecified atom stereocenters. The fourth-order valence-corrected chi connectivity index (χ4v) is 2.03. The molecule has 1 aromatic carbocycles. The second kappa shape index (κ2) is 4.72. The van der Waals surface area contributed by atoms with Crippen LogP contribution in [0.2, 0.25) is 0 Å². The van der Waals surface area contributed by atoms with E-state index < -0.39 is 0 Å². The first-order valence-electron chi connectivity index (χ1n) is 5.93. The van der Waals surface area contributed by atoms with Crippen LogP contribution in [0.1, 0.15) is 18.1 Å². The number of esters is 1. The molecule has 0 aromatic heterocycles. The summed E-state index contributed by atoms with van der Waals surface area (Å²) in [5.74, 6) is -0.315. The van der Waals surface area contributed by atoms with Crippen molar-refractivity contribution in [1.29, 1.82) is 0 Å². The van der Waals surface area contributed by atoms with E-state index in [1.165, 1.54) is 12.7 Å². The third-order valence-corrected chi connectivity index (χ3v) is 3.24. The van der Waals surface area contributed by atoms with E-state index in [2.05, 4.69) is 5.32 Å². The summed E-state index contributed by atoms with van der Waals surface area (Å²) in [6.45, 7) is 4.04. The minimum Gasteiger partial charge on any atom is -0.464 e.